The fourth-order valence-electron chi connectivity index (χ4n) is 2.39. The van der Waals surface area contributed by atoms with E-state index in [0.29, 0.717) is 11.7 Å². The predicted octanol–water partition coefficient (Wildman–Crippen LogP) is 0.912. The Labute approximate surface area is 128 Å². The SMILES string of the molecule is CCCCCc1nnc(N2CC(CS(N)(=O)=O)CC2=O)s1. The van der Waals surface area contributed by atoms with E-state index < -0.39 is 10.0 Å². The molecule has 0 spiro atoms. The van der Waals surface area contributed by atoms with E-state index in [1.807, 2.05) is 0 Å². The van der Waals surface area contributed by atoms with E-state index in [1.54, 1.807) is 0 Å². The van der Waals surface area contributed by atoms with Gasteiger partial charge in [0.1, 0.15) is 5.01 Å². The van der Waals surface area contributed by atoms with Crippen LogP contribution in [-0.2, 0) is 21.2 Å². The predicted molar refractivity (Wildman–Crippen MR) is 81.6 cm³/mol. The molecule has 118 valence electrons. The summed E-state index contributed by atoms with van der Waals surface area (Å²) in [5.41, 5.74) is 0. The maximum Gasteiger partial charge on any atom is 0.229 e. The second-order valence-electron chi connectivity index (χ2n) is 5.34. The molecule has 1 fully saturated rings. The highest BCUT2D eigenvalue weighted by atomic mass is 32.2. The van der Waals surface area contributed by atoms with Crippen molar-refractivity contribution >= 4 is 32.4 Å². The van der Waals surface area contributed by atoms with E-state index in [2.05, 4.69) is 17.1 Å². The van der Waals surface area contributed by atoms with Gasteiger partial charge in [0.15, 0.2) is 0 Å². The lowest BCUT2D eigenvalue weighted by atomic mass is 10.1. The smallest absolute Gasteiger partial charge is 0.229 e. The second kappa shape index (κ2) is 6.80. The van der Waals surface area contributed by atoms with Gasteiger partial charge in [0.2, 0.25) is 21.1 Å². The van der Waals surface area contributed by atoms with Gasteiger partial charge in [-0.3, -0.25) is 9.69 Å². The molecule has 1 amide bonds. The summed E-state index contributed by atoms with van der Waals surface area (Å²) in [6, 6.07) is 0. The van der Waals surface area contributed by atoms with Crippen molar-refractivity contribution < 1.29 is 13.2 Å². The van der Waals surface area contributed by atoms with Crippen molar-refractivity contribution in [3.05, 3.63) is 5.01 Å². The Morgan fingerprint density at radius 3 is 2.81 bits per heavy atom. The maximum atomic E-state index is 12.0. The highest BCUT2D eigenvalue weighted by molar-refractivity contribution is 7.89. The van der Waals surface area contributed by atoms with Gasteiger partial charge >= 0.3 is 0 Å². The summed E-state index contributed by atoms with van der Waals surface area (Å²) in [6.07, 6.45) is 4.42. The number of anilines is 1. The Balaban J connectivity index is 1.97. The molecule has 21 heavy (non-hydrogen) atoms. The number of primary sulfonamides is 1. The first-order chi connectivity index (χ1) is 9.89. The Morgan fingerprint density at radius 2 is 2.14 bits per heavy atom. The molecule has 0 saturated carbocycles. The van der Waals surface area contributed by atoms with Crippen LogP contribution >= 0.6 is 11.3 Å². The summed E-state index contributed by atoms with van der Waals surface area (Å²) in [6.45, 7) is 2.49. The lowest BCUT2D eigenvalue weighted by molar-refractivity contribution is -0.117. The molecule has 1 aromatic heterocycles. The molecule has 0 bridgehead atoms. The highest BCUT2D eigenvalue weighted by Crippen LogP contribution is 2.28. The molecule has 2 heterocycles. The van der Waals surface area contributed by atoms with E-state index >= 15 is 0 Å². The van der Waals surface area contributed by atoms with Gasteiger partial charge in [0.05, 0.1) is 5.75 Å². The molecule has 1 saturated heterocycles. The number of nitrogens with zero attached hydrogens (tertiary/aromatic N) is 3. The Morgan fingerprint density at radius 1 is 1.38 bits per heavy atom. The molecule has 1 unspecified atom stereocenters. The number of hydrogen-bond acceptors (Lipinski definition) is 6. The normalized spacial score (nSPS) is 19.4. The van der Waals surface area contributed by atoms with Crippen LogP contribution in [0.4, 0.5) is 5.13 Å². The lowest BCUT2D eigenvalue weighted by Crippen LogP contribution is -2.27. The van der Waals surface area contributed by atoms with Gasteiger partial charge in [-0.25, -0.2) is 13.6 Å². The van der Waals surface area contributed by atoms with Crippen molar-refractivity contribution in [3.63, 3.8) is 0 Å². The number of aryl methyl sites for hydroxylation is 1. The molecule has 1 aromatic rings. The third-order valence-electron chi connectivity index (χ3n) is 3.35. The maximum absolute atomic E-state index is 12.0. The minimum atomic E-state index is -3.56. The first-order valence-corrected chi connectivity index (χ1v) is 9.55. The number of carbonyl (C=O) groups is 1. The molecule has 2 N–H and O–H groups in total. The summed E-state index contributed by atoms with van der Waals surface area (Å²) in [4.78, 5) is 13.5. The van der Waals surface area contributed by atoms with Crippen molar-refractivity contribution in [3.8, 4) is 0 Å². The zero-order valence-corrected chi connectivity index (χ0v) is 13.6. The van der Waals surface area contributed by atoms with Crippen molar-refractivity contribution in [2.75, 3.05) is 17.2 Å². The first kappa shape index (κ1) is 16.3. The monoisotopic (exact) mass is 332 g/mol. The highest BCUT2D eigenvalue weighted by Gasteiger charge is 2.34. The average molecular weight is 332 g/mol. The zero-order chi connectivity index (χ0) is 15.5. The summed E-state index contributed by atoms with van der Waals surface area (Å²) >= 11 is 1.41. The number of nitrogens with two attached hydrogens (primary N) is 1. The number of hydrogen-bond donors (Lipinski definition) is 1. The van der Waals surface area contributed by atoms with Crippen molar-refractivity contribution in [1.82, 2.24) is 10.2 Å². The third-order valence-corrected chi connectivity index (χ3v) is 5.30. The molecule has 0 radical (unpaired) electrons. The van der Waals surface area contributed by atoms with E-state index in [1.165, 1.54) is 16.2 Å². The molecule has 0 aliphatic carbocycles. The molecule has 1 aliphatic heterocycles. The van der Waals surface area contributed by atoms with Crippen LogP contribution in [0.5, 0.6) is 0 Å². The van der Waals surface area contributed by atoms with E-state index in [4.69, 9.17) is 5.14 Å². The van der Waals surface area contributed by atoms with Crippen LogP contribution in [-0.4, -0.2) is 36.8 Å². The molecular formula is C12H20N4O3S2. The van der Waals surface area contributed by atoms with Crippen LogP contribution in [0.15, 0.2) is 0 Å². The number of rotatable bonds is 7. The fourth-order valence-corrected chi connectivity index (χ4v) is 4.18. The van der Waals surface area contributed by atoms with Gasteiger partial charge in [-0.1, -0.05) is 31.1 Å². The van der Waals surface area contributed by atoms with Crippen LogP contribution in [0.2, 0.25) is 0 Å². The number of aromatic nitrogens is 2. The average Bonchev–Trinajstić information content (AvgIpc) is 2.94. The van der Waals surface area contributed by atoms with Gasteiger partial charge in [0.25, 0.3) is 0 Å². The molecule has 1 aliphatic rings. The van der Waals surface area contributed by atoms with Crippen LogP contribution in [0.25, 0.3) is 0 Å². The minimum absolute atomic E-state index is 0.111. The van der Waals surface area contributed by atoms with Crippen molar-refractivity contribution in [1.29, 1.82) is 0 Å². The fraction of sp³-hybridized carbons (Fsp3) is 0.750. The van der Waals surface area contributed by atoms with Gasteiger partial charge in [0, 0.05) is 25.3 Å². The standard InChI is InChI=1S/C12H20N4O3S2/c1-2-3-4-5-10-14-15-12(20-10)16-7-9(6-11(16)17)8-21(13,18)19/h9H,2-8H2,1H3,(H2,13,18,19). The van der Waals surface area contributed by atoms with Gasteiger partial charge in [-0.15, -0.1) is 10.2 Å². The molecular weight excluding hydrogens is 312 g/mol. The van der Waals surface area contributed by atoms with Crippen LogP contribution < -0.4 is 10.0 Å². The number of carbonyl (C=O) groups excluding carboxylic acids is 1. The van der Waals surface area contributed by atoms with Crippen LogP contribution in [0.3, 0.4) is 0 Å². The largest absolute Gasteiger partial charge is 0.286 e. The number of unbranched alkanes of at least 4 members (excludes halogenated alkanes) is 2. The minimum Gasteiger partial charge on any atom is -0.286 e. The summed E-state index contributed by atoms with van der Waals surface area (Å²) < 4.78 is 22.2. The summed E-state index contributed by atoms with van der Waals surface area (Å²) in [5.74, 6) is -0.544. The van der Waals surface area contributed by atoms with Gasteiger partial charge in [-0.2, -0.15) is 0 Å². The third kappa shape index (κ3) is 4.72. The molecule has 1 atom stereocenters. The van der Waals surface area contributed by atoms with Gasteiger partial charge < -0.3 is 0 Å². The molecule has 0 aromatic carbocycles. The van der Waals surface area contributed by atoms with E-state index in [9.17, 15) is 13.2 Å². The summed E-state index contributed by atoms with van der Waals surface area (Å²) in [5, 5.41) is 14.7. The molecule has 7 nitrogen and oxygen atoms in total. The van der Waals surface area contributed by atoms with E-state index in [-0.39, 0.29) is 24.0 Å². The van der Waals surface area contributed by atoms with Crippen molar-refractivity contribution in [2.24, 2.45) is 11.1 Å². The lowest BCUT2D eigenvalue weighted by Gasteiger charge is -2.11. The zero-order valence-electron chi connectivity index (χ0n) is 12.0. The number of amides is 1. The van der Waals surface area contributed by atoms with Crippen molar-refractivity contribution in [2.45, 2.75) is 39.0 Å². The summed E-state index contributed by atoms with van der Waals surface area (Å²) in [7, 11) is -3.56. The topological polar surface area (TPSA) is 106 Å². The first-order valence-electron chi connectivity index (χ1n) is 7.02. The van der Waals surface area contributed by atoms with Crippen LogP contribution in [0.1, 0.15) is 37.6 Å². The number of sulfonamides is 1. The molecule has 2 rings (SSSR count). The Bertz CT molecular complexity index is 599. The Hall–Kier alpha value is -1.06. The van der Waals surface area contributed by atoms with Crippen LogP contribution in [0, 0.1) is 5.92 Å². The Kier molecular flexibility index (Phi) is 5.28. The van der Waals surface area contributed by atoms with Gasteiger partial charge in [-0.05, 0) is 6.42 Å². The molecule has 9 heteroatoms. The van der Waals surface area contributed by atoms with E-state index in [0.717, 1.165) is 30.7 Å². The second-order valence-corrected chi connectivity index (χ2v) is 8.04. The quantitative estimate of drug-likeness (QED) is 0.747.